The molecule has 2 heterocycles. The minimum Gasteiger partial charge on any atom is -0.380 e. The van der Waals surface area contributed by atoms with Gasteiger partial charge in [0.2, 0.25) is 0 Å². The fourth-order valence-electron chi connectivity index (χ4n) is 2.17. The van der Waals surface area contributed by atoms with Crippen LogP contribution in [0.2, 0.25) is 0 Å². The van der Waals surface area contributed by atoms with Crippen molar-refractivity contribution >= 4 is 17.0 Å². The topological polar surface area (TPSA) is 42.7 Å². The summed E-state index contributed by atoms with van der Waals surface area (Å²) < 4.78 is 1.93. The van der Waals surface area contributed by atoms with Crippen LogP contribution in [0.4, 0.5) is 5.69 Å². The number of aromatic nitrogens is 3. The van der Waals surface area contributed by atoms with E-state index in [4.69, 9.17) is 0 Å². The molecule has 0 radical (unpaired) electrons. The van der Waals surface area contributed by atoms with Crippen LogP contribution >= 0.6 is 11.3 Å². The summed E-state index contributed by atoms with van der Waals surface area (Å²) in [5.74, 6) is 0. The highest BCUT2D eigenvalue weighted by atomic mass is 32.1. The van der Waals surface area contributed by atoms with Gasteiger partial charge in [-0.2, -0.15) is 5.10 Å². The average molecular weight is 298 g/mol. The summed E-state index contributed by atoms with van der Waals surface area (Å²) in [6.07, 6.45) is 6.75. The van der Waals surface area contributed by atoms with E-state index in [1.54, 1.807) is 17.5 Å². The van der Waals surface area contributed by atoms with E-state index in [0.717, 1.165) is 25.2 Å². The number of rotatable bonds is 6. The first-order valence-corrected chi connectivity index (χ1v) is 7.89. The Balaban J connectivity index is 1.70. The predicted octanol–water partition coefficient (Wildman–Crippen LogP) is 3.56. The van der Waals surface area contributed by atoms with Gasteiger partial charge in [-0.1, -0.05) is 25.1 Å². The molecule has 0 amide bonds. The van der Waals surface area contributed by atoms with E-state index >= 15 is 0 Å². The molecule has 5 heteroatoms. The number of nitrogens with zero attached hydrogens (tertiary/aromatic N) is 3. The fraction of sp³-hybridized carbons (Fsp3) is 0.250. The second-order valence-electron chi connectivity index (χ2n) is 4.79. The molecule has 2 aromatic heterocycles. The van der Waals surface area contributed by atoms with E-state index in [2.05, 4.69) is 46.6 Å². The minimum absolute atomic E-state index is 0.777. The molecule has 0 saturated heterocycles. The van der Waals surface area contributed by atoms with Crippen LogP contribution in [0, 0.1) is 0 Å². The Morgan fingerprint density at radius 1 is 1.24 bits per heavy atom. The summed E-state index contributed by atoms with van der Waals surface area (Å²) in [5.41, 5.74) is 2.39. The Morgan fingerprint density at radius 3 is 2.90 bits per heavy atom. The lowest BCUT2D eigenvalue weighted by Crippen LogP contribution is -2.05. The van der Waals surface area contributed by atoms with Gasteiger partial charge in [-0.25, -0.2) is 4.98 Å². The first-order chi connectivity index (χ1) is 10.3. The average Bonchev–Trinajstić information content (AvgIpc) is 3.17. The lowest BCUT2D eigenvalue weighted by molar-refractivity contribution is 0.687. The van der Waals surface area contributed by atoms with Crippen LogP contribution in [0.15, 0.2) is 48.9 Å². The molecule has 1 N–H and O–H groups in total. The van der Waals surface area contributed by atoms with Gasteiger partial charge in [-0.05, 0) is 24.1 Å². The Bertz CT molecular complexity index is 688. The van der Waals surface area contributed by atoms with Crippen LogP contribution in [0.25, 0.3) is 0 Å². The van der Waals surface area contributed by atoms with Gasteiger partial charge in [0.05, 0.1) is 18.1 Å². The molecule has 4 nitrogen and oxygen atoms in total. The third kappa shape index (κ3) is 3.49. The second kappa shape index (κ2) is 6.54. The number of aryl methyl sites for hydroxylation is 1. The highest BCUT2D eigenvalue weighted by Crippen LogP contribution is 2.19. The number of thiazole rings is 1. The Hall–Kier alpha value is -2.14. The third-order valence-electron chi connectivity index (χ3n) is 3.27. The molecule has 0 fully saturated rings. The summed E-state index contributed by atoms with van der Waals surface area (Å²) in [4.78, 5) is 5.66. The first-order valence-electron chi connectivity index (χ1n) is 7.08. The zero-order valence-corrected chi connectivity index (χ0v) is 12.8. The van der Waals surface area contributed by atoms with Gasteiger partial charge in [0.1, 0.15) is 0 Å². The summed E-state index contributed by atoms with van der Waals surface area (Å²) in [5, 5.41) is 8.97. The quantitative estimate of drug-likeness (QED) is 0.756. The van der Waals surface area contributed by atoms with E-state index < -0.39 is 0 Å². The van der Waals surface area contributed by atoms with Crippen LogP contribution in [0.3, 0.4) is 0 Å². The van der Waals surface area contributed by atoms with Crippen molar-refractivity contribution in [3.63, 3.8) is 0 Å². The molecule has 0 aliphatic rings. The molecule has 3 aromatic rings. The zero-order chi connectivity index (χ0) is 14.5. The Labute approximate surface area is 128 Å². The fourth-order valence-corrected chi connectivity index (χ4v) is 2.98. The van der Waals surface area contributed by atoms with Gasteiger partial charge in [0.15, 0.2) is 0 Å². The maximum atomic E-state index is 4.39. The van der Waals surface area contributed by atoms with Crippen LogP contribution in [-0.2, 0) is 19.5 Å². The largest absolute Gasteiger partial charge is 0.380 e. The van der Waals surface area contributed by atoms with Crippen LogP contribution in [0.5, 0.6) is 0 Å². The van der Waals surface area contributed by atoms with Crippen molar-refractivity contribution in [3.8, 4) is 0 Å². The van der Waals surface area contributed by atoms with Gasteiger partial charge in [-0.3, -0.25) is 4.68 Å². The van der Waals surface area contributed by atoms with E-state index in [-0.39, 0.29) is 0 Å². The Morgan fingerprint density at radius 2 is 2.14 bits per heavy atom. The molecule has 0 spiro atoms. The lowest BCUT2D eigenvalue weighted by atomic mass is 10.1. The van der Waals surface area contributed by atoms with Crippen LogP contribution in [-0.4, -0.2) is 14.8 Å². The normalized spacial score (nSPS) is 10.7. The Kier molecular flexibility index (Phi) is 4.31. The van der Waals surface area contributed by atoms with Crippen LogP contribution in [0.1, 0.15) is 22.4 Å². The molecule has 0 unspecified atom stereocenters. The molecule has 1 aromatic carbocycles. The van der Waals surface area contributed by atoms with Crippen LogP contribution < -0.4 is 5.32 Å². The molecular weight excluding hydrogens is 280 g/mol. The van der Waals surface area contributed by atoms with E-state index in [1.807, 2.05) is 23.1 Å². The molecule has 0 saturated carbocycles. The standard InChI is InChI=1S/C16H18N4S/c1-2-16-18-11-14(21-16)10-17-15-7-4-3-6-13(15)12-20-9-5-8-19-20/h3-9,11,17H,2,10,12H2,1H3. The number of benzene rings is 1. The van der Waals surface area contributed by atoms with Crippen molar-refractivity contribution in [2.75, 3.05) is 5.32 Å². The highest BCUT2D eigenvalue weighted by molar-refractivity contribution is 7.11. The molecule has 0 bridgehead atoms. The summed E-state index contributed by atoms with van der Waals surface area (Å²) in [7, 11) is 0. The van der Waals surface area contributed by atoms with Crippen molar-refractivity contribution in [1.29, 1.82) is 0 Å². The van der Waals surface area contributed by atoms with E-state index in [9.17, 15) is 0 Å². The predicted molar refractivity (Wildman–Crippen MR) is 86.6 cm³/mol. The number of anilines is 1. The highest BCUT2D eigenvalue weighted by Gasteiger charge is 2.04. The maximum Gasteiger partial charge on any atom is 0.0925 e. The number of para-hydroxylation sites is 1. The van der Waals surface area contributed by atoms with Crippen molar-refractivity contribution in [2.24, 2.45) is 0 Å². The third-order valence-corrected chi connectivity index (χ3v) is 4.41. The zero-order valence-electron chi connectivity index (χ0n) is 12.0. The molecular formula is C16H18N4S. The molecule has 0 aliphatic carbocycles. The van der Waals surface area contributed by atoms with Crippen molar-refractivity contribution in [2.45, 2.75) is 26.4 Å². The van der Waals surface area contributed by atoms with E-state index in [0.29, 0.717) is 0 Å². The number of hydrogen-bond donors (Lipinski definition) is 1. The minimum atomic E-state index is 0.777. The summed E-state index contributed by atoms with van der Waals surface area (Å²) >= 11 is 1.77. The van der Waals surface area contributed by atoms with Gasteiger partial charge in [0.25, 0.3) is 0 Å². The molecule has 0 aliphatic heterocycles. The SMILES string of the molecule is CCc1ncc(CNc2ccccc2Cn2cccn2)s1. The molecule has 108 valence electrons. The number of nitrogens with one attached hydrogen (secondary N) is 1. The lowest BCUT2D eigenvalue weighted by Gasteiger charge is -2.11. The van der Waals surface area contributed by atoms with Gasteiger partial charge >= 0.3 is 0 Å². The smallest absolute Gasteiger partial charge is 0.0925 e. The molecule has 3 rings (SSSR count). The monoisotopic (exact) mass is 298 g/mol. The maximum absolute atomic E-state index is 4.39. The van der Waals surface area contributed by atoms with Crippen molar-refractivity contribution < 1.29 is 0 Å². The summed E-state index contributed by atoms with van der Waals surface area (Å²) in [6, 6.07) is 10.3. The second-order valence-corrected chi connectivity index (χ2v) is 5.99. The molecule has 0 atom stereocenters. The van der Waals surface area contributed by atoms with Crippen molar-refractivity contribution in [3.05, 3.63) is 64.4 Å². The van der Waals surface area contributed by atoms with E-state index in [1.165, 1.54) is 15.4 Å². The van der Waals surface area contributed by atoms with Crippen molar-refractivity contribution in [1.82, 2.24) is 14.8 Å². The summed E-state index contributed by atoms with van der Waals surface area (Å²) in [6.45, 7) is 3.72. The molecule has 21 heavy (non-hydrogen) atoms. The van der Waals surface area contributed by atoms with Gasteiger partial charge in [0, 0.05) is 29.2 Å². The first kappa shape index (κ1) is 13.8. The van der Waals surface area contributed by atoms with Gasteiger partial charge in [-0.15, -0.1) is 11.3 Å². The van der Waals surface area contributed by atoms with Gasteiger partial charge < -0.3 is 5.32 Å². The number of hydrogen-bond acceptors (Lipinski definition) is 4.